The number of carbonyl (C=O) groups is 2. The first kappa shape index (κ1) is 17.6. The molecule has 1 heterocycles. The van der Waals surface area contributed by atoms with Crippen molar-refractivity contribution in [2.75, 3.05) is 18.0 Å². The summed E-state index contributed by atoms with van der Waals surface area (Å²) in [4.78, 5) is 28.4. The highest BCUT2D eigenvalue weighted by Crippen LogP contribution is 2.25. The molecule has 132 valence electrons. The standard InChI is InChI=1S/C20H18FN3O2/c1-13-9-15(7-8-17(13)21)20(26)23-12-19(25)24(11-14(23)2)18-6-4-3-5-16(18)10-22/h3-9,14H,11-12H2,1-2H3/t14-/m0/s1. The van der Waals surface area contributed by atoms with E-state index in [0.29, 0.717) is 28.9 Å². The smallest absolute Gasteiger partial charge is 0.254 e. The molecule has 1 fully saturated rings. The topological polar surface area (TPSA) is 64.4 Å². The molecule has 0 saturated carbocycles. The summed E-state index contributed by atoms with van der Waals surface area (Å²) in [6, 6.07) is 12.9. The number of carbonyl (C=O) groups excluding carboxylic acids is 2. The summed E-state index contributed by atoms with van der Waals surface area (Å²) in [5, 5.41) is 9.26. The van der Waals surface area contributed by atoms with Gasteiger partial charge in [-0.1, -0.05) is 12.1 Å². The first-order chi connectivity index (χ1) is 12.4. The average Bonchev–Trinajstić information content (AvgIpc) is 2.65. The van der Waals surface area contributed by atoms with E-state index in [4.69, 9.17) is 0 Å². The Balaban J connectivity index is 1.84. The Bertz CT molecular complexity index is 920. The highest BCUT2D eigenvalue weighted by Gasteiger charge is 2.34. The summed E-state index contributed by atoms with van der Waals surface area (Å²) in [7, 11) is 0. The number of hydrogen-bond acceptors (Lipinski definition) is 3. The third-order valence-corrected chi connectivity index (χ3v) is 4.57. The van der Waals surface area contributed by atoms with Gasteiger partial charge in [-0.05, 0) is 49.7 Å². The fraction of sp³-hybridized carbons (Fsp3) is 0.250. The van der Waals surface area contributed by atoms with Crippen LogP contribution in [0.4, 0.5) is 10.1 Å². The molecule has 1 atom stereocenters. The number of anilines is 1. The van der Waals surface area contributed by atoms with Crippen LogP contribution in [0, 0.1) is 24.1 Å². The average molecular weight is 351 g/mol. The van der Waals surface area contributed by atoms with E-state index in [2.05, 4.69) is 6.07 Å². The number of nitriles is 1. The number of hydrogen-bond donors (Lipinski definition) is 0. The molecule has 26 heavy (non-hydrogen) atoms. The maximum Gasteiger partial charge on any atom is 0.254 e. The summed E-state index contributed by atoms with van der Waals surface area (Å²) < 4.78 is 13.4. The highest BCUT2D eigenvalue weighted by molar-refractivity contribution is 6.02. The molecule has 1 saturated heterocycles. The summed E-state index contributed by atoms with van der Waals surface area (Å²) in [6.07, 6.45) is 0. The lowest BCUT2D eigenvalue weighted by atomic mass is 10.1. The number of nitrogens with zero attached hydrogens (tertiary/aromatic N) is 3. The number of benzene rings is 2. The van der Waals surface area contributed by atoms with Gasteiger partial charge in [0.25, 0.3) is 5.91 Å². The molecule has 1 aliphatic heterocycles. The lowest BCUT2D eigenvalue weighted by molar-refractivity contribution is -0.121. The Morgan fingerprint density at radius 2 is 2.00 bits per heavy atom. The maximum absolute atomic E-state index is 13.4. The molecular weight excluding hydrogens is 333 g/mol. The van der Waals surface area contributed by atoms with Gasteiger partial charge >= 0.3 is 0 Å². The van der Waals surface area contributed by atoms with Crippen LogP contribution in [-0.4, -0.2) is 35.8 Å². The molecule has 0 bridgehead atoms. The molecule has 0 aromatic heterocycles. The molecule has 0 radical (unpaired) electrons. The molecule has 1 aliphatic rings. The van der Waals surface area contributed by atoms with E-state index in [0.717, 1.165) is 0 Å². The minimum absolute atomic E-state index is 0.0871. The van der Waals surface area contributed by atoms with E-state index in [1.807, 2.05) is 6.92 Å². The third kappa shape index (κ3) is 3.16. The first-order valence-corrected chi connectivity index (χ1v) is 8.29. The van der Waals surface area contributed by atoms with Gasteiger partial charge in [0.1, 0.15) is 18.4 Å². The van der Waals surface area contributed by atoms with Crippen LogP contribution >= 0.6 is 0 Å². The Kier molecular flexibility index (Phi) is 4.72. The normalized spacial score (nSPS) is 17.2. The van der Waals surface area contributed by atoms with Crippen molar-refractivity contribution in [3.8, 4) is 6.07 Å². The summed E-state index contributed by atoms with van der Waals surface area (Å²) >= 11 is 0. The Hall–Kier alpha value is -3.20. The Morgan fingerprint density at radius 1 is 1.27 bits per heavy atom. The number of amides is 2. The zero-order valence-corrected chi connectivity index (χ0v) is 14.6. The molecule has 0 spiro atoms. The Morgan fingerprint density at radius 3 is 2.69 bits per heavy atom. The van der Waals surface area contributed by atoms with Crippen molar-refractivity contribution >= 4 is 17.5 Å². The minimum Gasteiger partial charge on any atom is -0.325 e. The van der Waals surface area contributed by atoms with E-state index >= 15 is 0 Å². The van der Waals surface area contributed by atoms with Crippen molar-refractivity contribution in [2.24, 2.45) is 0 Å². The van der Waals surface area contributed by atoms with Gasteiger partial charge in [0.2, 0.25) is 5.91 Å². The van der Waals surface area contributed by atoms with Crippen LogP contribution < -0.4 is 4.90 Å². The van der Waals surface area contributed by atoms with Crippen LogP contribution in [0.15, 0.2) is 42.5 Å². The lowest BCUT2D eigenvalue weighted by Gasteiger charge is -2.39. The predicted octanol–water partition coefficient (Wildman–Crippen LogP) is 2.88. The number of halogens is 1. The number of para-hydroxylation sites is 1. The van der Waals surface area contributed by atoms with Crippen LogP contribution in [0.2, 0.25) is 0 Å². The van der Waals surface area contributed by atoms with Crippen molar-refractivity contribution in [3.05, 3.63) is 65.0 Å². The molecule has 3 rings (SSSR count). The fourth-order valence-corrected chi connectivity index (χ4v) is 3.10. The van der Waals surface area contributed by atoms with Crippen LogP contribution in [0.3, 0.4) is 0 Å². The van der Waals surface area contributed by atoms with Gasteiger partial charge in [-0.2, -0.15) is 5.26 Å². The van der Waals surface area contributed by atoms with Crippen molar-refractivity contribution in [3.63, 3.8) is 0 Å². The molecular formula is C20H18FN3O2. The fourth-order valence-electron chi connectivity index (χ4n) is 3.10. The maximum atomic E-state index is 13.4. The van der Waals surface area contributed by atoms with E-state index < -0.39 is 0 Å². The van der Waals surface area contributed by atoms with Crippen molar-refractivity contribution in [1.29, 1.82) is 5.26 Å². The van der Waals surface area contributed by atoms with Crippen LogP contribution in [0.25, 0.3) is 0 Å². The van der Waals surface area contributed by atoms with Gasteiger partial charge in [0, 0.05) is 18.2 Å². The van der Waals surface area contributed by atoms with E-state index in [1.54, 1.807) is 36.1 Å². The SMILES string of the molecule is Cc1cc(C(=O)N2CC(=O)N(c3ccccc3C#N)C[C@@H]2C)ccc1F. The zero-order valence-electron chi connectivity index (χ0n) is 14.6. The van der Waals surface area contributed by atoms with Gasteiger partial charge in [-0.25, -0.2) is 4.39 Å². The molecule has 5 nitrogen and oxygen atoms in total. The molecule has 2 amide bonds. The molecule has 0 N–H and O–H groups in total. The quantitative estimate of drug-likeness (QED) is 0.836. The highest BCUT2D eigenvalue weighted by atomic mass is 19.1. The van der Waals surface area contributed by atoms with Gasteiger partial charge in [-0.3, -0.25) is 9.59 Å². The van der Waals surface area contributed by atoms with Gasteiger partial charge < -0.3 is 9.80 Å². The van der Waals surface area contributed by atoms with Crippen LogP contribution in [0.1, 0.15) is 28.4 Å². The lowest BCUT2D eigenvalue weighted by Crippen LogP contribution is -2.57. The van der Waals surface area contributed by atoms with Crippen molar-refractivity contribution in [1.82, 2.24) is 4.90 Å². The number of rotatable bonds is 2. The molecule has 2 aromatic carbocycles. The van der Waals surface area contributed by atoms with E-state index in [1.165, 1.54) is 23.1 Å². The summed E-state index contributed by atoms with van der Waals surface area (Å²) in [5.74, 6) is -0.927. The summed E-state index contributed by atoms with van der Waals surface area (Å²) in [6.45, 7) is 3.65. The van der Waals surface area contributed by atoms with E-state index in [9.17, 15) is 19.2 Å². The Labute approximate surface area is 151 Å². The second-order valence-electron chi connectivity index (χ2n) is 6.38. The molecule has 0 aliphatic carbocycles. The second-order valence-corrected chi connectivity index (χ2v) is 6.38. The van der Waals surface area contributed by atoms with Crippen molar-refractivity contribution in [2.45, 2.75) is 19.9 Å². The zero-order chi connectivity index (χ0) is 18.8. The molecule has 2 aromatic rings. The molecule has 0 unspecified atom stereocenters. The number of piperazine rings is 1. The third-order valence-electron chi connectivity index (χ3n) is 4.57. The second kappa shape index (κ2) is 6.96. The van der Waals surface area contributed by atoms with Gasteiger partial charge in [0.15, 0.2) is 0 Å². The predicted molar refractivity (Wildman–Crippen MR) is 95.1 cm³/mol. The molecule has 6 heteroatoms. The van der Waals surface area contributed by atoms with Gasteiger partial charge in [0.05, 0.1) is 11.3 Å². The first-order valence-electron chi connectivity index (χ1n) is 8.29. The van der Waals surface area contributed by atoms with Crippen LogP contribution in [-0.2, 0) is 4.79 Å². The summed E-state index contributed by atoms with van der Waals surface area (Å²) in [5.41, 5.74) is 1.71. The van der Waals surface area contributed by atoms with E-state index in [-0.39, 0.29) is 30.2 Å². The monoisotopic (exact) mass is 351 g/mol. The van der Waals surface area contributed by atoms with Crippen molar-refractivity contribution < 1.29 is 14.0 Å². The number of aryl methyl sites for hydroxylation is 1. The van der Waals surface area contributed by atoms with Gasteiger partial charge in [-0.15, -0.1) is 0 Å². The largest absolute Gasteiger partial charge is 0.325 e. The van der Waals surface area contributed by atoms with Crippen LogP contribution in [0.5, 0.6) is 0 Å². The minimum atomic E-state index is -0.372.